The Bertz CT molecular complexity index is 1010. The lowest BCUT2D eigenvalue weighted by atomic mass is 10.1. The summed E-state index contributed by atoms with van der Waals surface area (Å²) in [5.74, 6) is 2.61. The summed E-state index contributed by atoms with van der Waals surface area (Å²) in [7, 11) is 3.47. The number of thiazole rings is 1. The number of aryl methyl sites for hydroxylation is 2. The van der Waals surface area contributed by atoms with Gasteiger partial charge in [0.2, 0.25) is 0 Å². The second kappa shape index (κ2) is 11.3. The number of nitrogens with zero attached hydrogens (tertiary/aromatic N) is 5. The van der Waals surface area contributed by atoms with Crippen LogP contribution in [0.4, 0.5) is 0 Å². The summed E-state index contributed by atoms with van der Waals surface area (Å²) < 4.78 is 7.12. The Kier molecular flexibility index (Phi) is 8.81. The number of hydrogen-bond acceptors (Lipinski definition) is 7. The summed E-state index contributed by atoms with van der Waals surface area (Å²) in [4.78, 5) is 16.1. The van der Waals surface area contributed by atoms with Crippen LogP contribution in [0.15, 0.2) is 22.5 Å². The van der Waals surface area contributed by atoms with Crippen molar-refractivity contribution < 1.29 is 4.74 Å². The van der Waals surface area contributed by atoms with Crippen LogP contribution in [-0.2, 0) is 30.7 Å². The van der Waals surface area contributed by atoms with Crippen molar-refractivity contribution in [3.05, 3.63) is 39.0 Å². The van der Waals surface area contributed by atoms with Crippen LogP contribution in [0.2, 0.25) is 0 Å². The molecule has 0 aliphatic carbocycles. The van der Waals surface area contributed by atoms with Crippen molar-refractivity contribution in [1.29, 1.82) is 0 Å². The average Bonchev–Trinajstić information content (AvgIpc) is 3.46. The van der Waals surface area contributed by atoms with E-state index in [1.165, 1.54) is 9.75 Å². The highest BCUT2D eigenvalue weighted by molar-refractivity contribution is 14.0. The minimum absolute atomic E-state index is 0. The van der Waals surface area contributed by atoms with Crippen molar-refractivity contribution in [2.45, 2.75) is 45.4 Å². The van der Waals surface area contributed by atoms with Gasteiger partial charge in [0.05, 0.1) is 22.1 Å². The molecule has 0 amide bonds. The summed E-state index contributed by atoms with van der Waals surface area (Å²) in [6, 6.07) is 4.64. The van der Waals surface area contributed by atoms with Crippen molar-refractivity contribution in [3.63, 3.8) is 0 Å². The predicted molar refractivity (Wildman–Crippen MR) is 137 cm³/mol. The molecule has 0 spiro atoms. The number of guanidine groups is 1. The number of rotatable bonds is 7. The molecule has 3 aromatic heterocycles. The minimum Gasteiger partial charge on any atom is -0.377 e. The van der Waals surface area contributed by atoms with Crippen molar-refractivity contribution in [2.24, 2.45) is 4.99 Å². The largest absolute Gasteiger partial charge is 0.377 e. The SMILES string of the molecule is CN=C(NCCc1ccc(-c2csc(C)n2)s1)NC1CCc2nc(COC)nn2C1.I. The first-order valence-corrected chi connectivity index (χ1v) is 11.7. The van der Waals surface area contributed by atoms with E-state index in [1.54, 1.807) is 18.4 Å². The van der Waals surface area contributed by atoms with Crippen LogP contribution in [0.25, 0.3) is 10.6 Å². The fourth-order valence-electron chi connectivity index (χ4n) is 3.49. The van der Waals surface area contributed by atoms with Crippen LogP contribution in [0, 0.1) is 6.92 Å². The number of thiophene rings is 1. The van der Waals surface area contributed by atoms with Gasteiger partial charge in [0, 0.05) is 43.4 Å². The molecule has 0 fully saturated rings. The van der Waals surface area contributed by atoms with Gasteiger partial charge in [-0.15, -0.1) is 46.7 Å². The van der Waals surface area contributed by atoms with Gasteiger partial charge in [0.15, 0.2) is 11.8 Å². The smallest absolute Gasteiger partial charge is 0.191 e. The summed E-state index contributed by atoms with van der Waals surface area (Å²) in [5, 5.41) is 14.7. The zero-order valence-corrected chi connectivity index (χ0v) is 21.9. The lowest BCUT2D eigenvalue weighted by molar-refractivity contribution is 0.177. The van der Waals surface area contributed by atoms with E-state index in [2.05, 4.69) is 48.2 Å². The third-order valence-corrected chi connectivity index (χ3v) is 6.88. The molecular formula is C20H28IN7OS2. The Morgan fingerprint density at radius 1 is 1.35 bits per heavy atom. The molecule has 1 aliphatic rings. The highest BCUT2D eigenvalue weighted by atomic mass is 127. The number of aliphatic imine (C=N–C) groups is 1. The first kappa shape index (κ1) is 24.1. The van der Waals surface area contributed by atoms with Crippen molar-refractivity contribution in [3.8, 4) is 10.6 Å². The van der Waals surface area contributed by atoms with Gasteiger partial charge in [-0.1, -0.05) is 0 Å². The Hall–Kier alpha value is -1.57. The van der Waals surface area contributed by atoms with Crippen LogP contribution in [0.5, 0.6) is 0 Å². The molecule has 31 heavy (non-hydrogen) atoms. The number of methoxy groups -OCH3 is 1. The predicted octanol–water partition coefficient (Wildman–Crippen LogP) is 3.26. The average molecular weight is 574 g/mol. The molecule has 1 atom stereocenters. The highest BCUT2D eigenvalue weighted by Gasteiger charge is 2.22. The van der Waals surface area contributed by atoms with Gasteiger partial charge >= 0.3 is 0 Å². The zero-order valence-electron chi connectivity index (χ0n) is 17.9. The van der Waals surface area contributed by atoms with E-state index in [1.807, 2.05) is 30.0 Å². The fraction of sp³-hybridized carbons (Fsp3) is 0.500. The molecule has 0 radical (unpaired) electrons. The van der Waals surface area contributed by atoms with E-state index in [-0.39, 0.29) is 30.0 Å². The molecule has 168 valence electrons. The van der Waals surface area contributed by atoms with E-state index >= 15 is 0 Å². The number of ether oxygens (including phenoxy) is 1. The Labute approximate surface area is 207 Å². The first-order chi connectivity index (χ1) is 14.6. The van der Waals surface area contributed by atoms with Crippen LogP contribution in [0.3, 0.4) is 0 Å². The minimum atomic E-state index is 0. The van der Waals surface area contributed by atoms with Crippen LogP contribution < -0.4 is 10.6 Å². The molecule has 4 rings (SSSR count). The molecule has 1 aliphatic heterocycles. The van der Waals surface area contributed by atoms with E-state index < -0.39 is 0 Å². The standard InChI is InChI=1S/C20H27N7OS2.HI/c1-13-23-16(12-29-13)17-6-5-15(30-17)8-9-22-20(21-2)24-14-4-7-19-25-18(11-28-3)26-27(19)10-14;/h5-6,12,14H,4,7-11H2,1-3H3,(H2,21,22,24);1H. The summed E-state index contributed by atoms with van der Waals surface area (Å²) in [6.07, 6.45) is 2.86. The van der Waals surface area contributed by atoms with Crippen LogP contribution in [0.1, 0.15) is 28.0 Å². The van der Waals surface area contributed by atoms with E-state index in [9.17, 15) is 0 Å². The lowest BCUT2D eigenvalue weighted by Gasteiger charge is -2.25. The number of halogens is 1. The maximum Gasteiger partial charge on any atom is 0.191 e. The number of hydrogen-bond donors (Lipinski definition) is 2. The monoisotopic (exact) mass is 573 g/mol. The normalized spacial score (nSPS) is 16.0. The van der Waals surface area contributed by atoms with Crippen LogP contribution in [-0.4, -0.2) is 52.5 Å². The maximum absolute atomic E-state index is 5.14. The zero-order chi connectivity index (χ0) is 20.9. The maximum atomic E-state index is 5.14. The fourth-order valence-corrected chi connectivity index (χ4v) is 5.14. The lowest BCUT2D eigenvalue weighted by Crippen LogP contribution is -2.47. The van der Waals surface area contributed by atoms with Crippen molar-refractivity contribution in [1.82, 2.24) is 30.4 Å². The summed E-state index contributed by atoms with van der Waals surface area (Å²) in [5.41, 5.74) is 1.08. The first-order valence-electron chi connectivity index (χ1n) is 10.0. The van der Waals surface area contributed by atoms with Crippen LogP contribution >= 0.6 is 46.7 Å². The van der Waals surface area contributed by atoms with Gasteiger partial charge in [-0.05, 0) is 31.9 Å². The molecule has 11 heteroatoms. The second-order valence-corrected chi connectivity index (χ2v) is 9.44. The molecule has 0 saturated heterocycles. The van der Waals surface area contributed by atoms with E-state index in [0.29, 0.717) is 6.61 Å². The van der Waals surface area contributed by atoms with Gasteiger partial charge in [-0.25, -0.2) is 14.6 Å². The topological polar surface area (TPSA) is 89.2 Å². The molecule has 4 heterocycles. The Balaban J connectivity index is 0.00000272. The van der Waals surface area contributed by atoms with Gasteiger partial charge in [-0.3, -0.25) is 4.99 Å². The van der Waals surface area contributed by atoms with Crippen molar-refractivity contribution >= 4 is 52.6 Å². The van der Waals surface area contributed by atoms with E-state index in [0.717, 1.165) is 60.7 Å². The molecule has 0 aromatic carbocycles. The van der Waals surface area contributed by atoms with Gasteiger partial charge in [0.1, 0.15) is 12.4 Å². The number of aromatic nitrogens is 4. The molecule has 3 aromatic rings. The van der Waals surface area contributed by atoms with Gasteiger partial charge < -0.3 is 15.4 Å². The third kappa shape index (κ3) is 6.24. The molecule has 0 bridgehead atoms. The molecule has 1 unspecified atom stereocenters. The summed E-state index contributed by atoms with van der Waals surface area (Å²) >= 11 is 3.50. The molecule has 8 nitrogen and oxygen atoms in total. The Morgan fingerprint density at radius 2 is 2.23 bits per heavy atom. The highest BCUT2D eigenvalue weighted by Crippen LogP contribution is 2.29. The second-order valence-electron chi connectivity index (χ2n) is 7.21. The number of fused-ring (bicyclic) bond motifs is 1. The Morgan fingerprint density at radius 3 is 2.97 bits per heavy atom. The quantitative estimate of drug-likeness (QED) is 0.256. The molecule has 0 saturated carbocycles. The molecular weight excluding hydrogens is 545 g/mol. The van der Waals surface area contributed by atoms with Gasteiger partial charge in [-0.2, -0.15) is 5.10 Å². The van der Waals surface area contributed by atoms with E-state index in [4.69, 9.17) is 4.74 Å². The van der Waals surface area contributed by atoms with Gasteiger partial charge in [0.25, 0.3) is 0 Å². The summed E-state index contributed by atoms with van der Waals surface area (Å²) in [6.45, 7) is 4.11. The van der Waals surface area contributed by atoms with Crippen molar-refractivity contribution in [2.75, 3.05) is 20.7 Å². The number of nitrogens with one attached hydrogen (secondary N) is 2. The third-order valence-electron chi connectivity index (χ3n) is 4.94. The molecule has 2 N–H and O–H groups in total.